The summed E-state index contributed by atoms with van der Waals surface area (Å²) in [6.07, 6.45) is 0.856. The first kappa shape index (κ1) is 16.9. The molecule has 0 saturated heterocycles. The molecule has 3 rings (SSSR count). The Kier molecular flexibility index (Phi) is 4.84. The van der Waals surface area contributed by atoms with E-state index < -0.39 is 11.8 Å². The summed E-state index contributed by atoms with van der Waals surface area (Å²) in [5.74, 6) is -1.46. The molecule has 2 aromatic rings. The number of carbonyl (C=O) groups is 2. The summed E-state index contributed by atoms with van der Waals surface area (Å²) in [5.41, 5.74) is 2.35. The van der Waals surface area contributed by atoms with E-state index in [2.05, 4.69) is 20.5 Å². The molecule has 1 aromatic carbocycles. The van der Waals surface area contributed by atoms with E-state index in [1.807, 2.05) is 14.0 Å². The predicted molar refractivity (Wildman–Crippen MR) is 95.6 cm³/mol. The zero-order valence-electron chi connectivity index (χ0n) is 13.4. The van der Waals surface area contributed by atoms with Gasteiger partial charge in [-0.05, 0) is 37.7 Å². The number of halogens is 1. The van der Waals surface area contributed by atoms with Gasteiger partial charge in [0.1, 0.15) is 0 Å². The van der Waals surface area contributed by atoms with Crippen LogP contribution >= 0.6 is 22.9 Å². The van der Waals surface area contributed by atoms with Crippen LogP contribution in [0.15, 0.2) is 18.2 Å². The highest BCUT2D eigenvalue weighted by atomic mass is 35.5. The minimum Gasteiger partial charge on any atom is -0.318 e. The Hall–Kier alpha value is -1.96. The molecule has 2 N–H and O–H groups in total. The number of carbonyl (C=O) groups excluding carboxylic acids is 2. The van der Waals surface area contributed by atoms with Crippen LogP contribution < -0.4 is 10.6 Å². The van der Waals surface area contributed by atoms with Crippen LogP contribution in [0.4, 0.5) is 10.8 Å². The van der Waals surface area contributed by atoms with E-state index in [9.17, 15) is 9.59 Å². The lowest BCUT2D eigenvalue weighted by atomic mass is 10.2. The Morgan fingerprint density at radius 1 is 1.29 bits per heavy atom. The van der Waals surface area contributed by atoms with Gasteiger partial charge in [0.25, 0.3) is 0 Å². The van der Waals surface area contributed by atoms with Crippen LogP contribution in [0.5, 0.6) is 0 Å². The highest BCUT2D eigenvalue weighted by Crippen LogP contribution is 2.27. The number of likely N-dealkylation sites (N-methyl/N-ethyl adjacent to an activating group) is 1. The van der Waals surface area contributed by atoms with Crippen molar-refractivity contribution in [1.29, 1.82) is 0 Å². The molecule has 1 aliphatic rings. The number of hydrogen-bond donors (Lipinski definition) is 2. The second-order valence-corrected chi connectivity index (χ2v) is 7.26. The first-order chi connectivity index (χ1) is 11.4. The lowest BCUT2D eigenvalue weighted by Gasteiger charge is -2.20. The predicted octanol–water partition coefficient (Wildman–Crippen LogP) is 2.67. The number of thiazole rings is 1. The minimum atomic E-state index is -0.733. The second kappa shape index (κ2) is 6.88. The molecule has 8 heteroatoms. The summed E-state index contributed by atoms with van der Waals surface area (Å²) < 4.78 is 0. The van der Waals surface area contributed by atoms with Gasteiger partial charge >= 0.3 is 11.8 Å². The number of anilines is 2. The maximum absolute atomic E-state index is 12.1. The Balaban J connectivity index is 1.65. The summed E-state index contributed by atoms with van der Waals surface area (Å²) in [5, 5.41) is 6.20. The number of aryl methyl sites for hydroxylation is 1. The molecule has 0 atom stereocenters. The van der Waals surface area contributed by atoms with Gasteiger partial charge < -0.3 is 10.2 Å². The van der Waals surface area contributed by atoms with Crippen LogP contribution in [-0.2, 0) is 22.6 Å². The van der Waals surface area contributed by atoms with Crippen LogP contribution in [0, 0.1) is 6.92 Å². The highest BCUT2D eigenvalue weighted by molar-refractivity contribution is 7.16. The van der Waals surface area contributed by atoms with E-state index in [4.69, 9.17) is 11.6 Å². The average Bonchev–Trinajstić information content (AvgIpc) is 2.91. The molecule has 0 saturated carbocycles. The molecule has 1 aromatic heterocycles. The molecule has 0 aliphatic carbocycles. The Bertz CT molecular complexity index is 805. The monoisotopic (exact) mass is 364 g/mol. The third kappa shape index (κ3) is 3.75. The number of nitrogens with zero attached hydrogens (tertiary/aromatic N) is 2. The topological polar surface area (TPSA) is 74.3 Å². The summed E-state index contributed by atoms with van der Waals surface area (Å²) in [6, 6.07) is 5.05. The van der Waals surface area contributed by atoms with Gasteiger partial charge in [-0.2, -0.15) is 0 Å². The molecule has 0 fully saturated rings. The summed E-state index contributed by atoms with van der Waals surface area (Å²) >= 11 is 7.30. The molecule has 0 radical (unpaired) electrons. The normalized spacial score (nSPS) is 14.1. The van der Waals surface area contributed by atoms with Gasteiger partial charge in [-0.3, -0.25) is 14.9 Å². The van der Waals surface area contributed by atoms with Crippen LogP contribution in [0.2, 0.25) is 5.02 Å². The first-order valence-corrected chi connectivity index (χ1v) is 8.67. The Labute approximate surface area is 148 Å². The highest BCUT2D eigenvalue weighted by Gasteiger charge is 2.21. The fourth-order valence-corrected chi connectivity index (χ4v) is 3.79. The van der Waals surface area contributed by atoms with Gasteiger partial charge in [0.05, 0.1) is 5.69 Å². The van der Waals surface area contributed by atoms with Crippen molar-refractivity contribution in [1.82, 2.24) is 9.88 Å². The SMILES string of the molecule is Cc1cc(Cl)ccc1NC(=O)C(=O)Nc1nc2c(s1)CN(C)CC2. The van der Waals surface area contributed by atoms with Crippen molar-refractivity contribution in [2.75, 3.05) is 24.2 Å². The van der Waals surface area contributed by atoms with Crippen LogP contribution in [0.25, 0.3) is 0 Å². The maximum Gasteiger partial charge on any atom is 0.315 e. The number of amides is 2. The summed E-state index contributed by atoms with van der Waals surface area (Å²) in [6.45, 7) is 3.57. The minimum absolute atomic E-state index is 0.461. The van der Waals surface area contributed by atoms with Crippen molar-refractivity contribution in [3.8, 4) is 0 Å². The van der Waals surface area contributed by atoms with Gasteiger partial charge in [0.2, 0.25) is 0 Å². The third-order valence-electron chi connectivity index (χ3n) is 3.79. The lowest BCUT2D eigenvalue weighted by molar-refractivity contribution is -0.133. The molecule has 24 heavy (non-hydrogen) atoms. The maximum atomic E-state index is 12.1. The summed E-state index contributed by atoms with van der Waals surface area (Å²) in [4.78, 5) is 31.9. The summed E-state index contributed by atoms with van der Waals surface area (Å²) in [7, 11) is 2.04. The molecule has 0 bridgehead atoms. The number of hydrogen-bond acceptors (Lipinski definition) is 5. The molecule has 0 unspecified atom stereocenters. The fraction of sp³-hybridized carbons (Fsp3) is 0.312. The molecule has 2 heterocycles. The molecule has 1 aliphatic heterocycles. The van der Waals surface area contributed by atoms with Gasteiger partial charge in [-0.15, -0.1) is 11.3 Å². The van der Waals surface area contributed by atoms with Crippen molar-refractivity contribution in [2.45, 2.75) is 19.9 Å². The van der Waals surface area contributed by atoms with Crippen LogP contribution in [0.3, 0.4) is 0 Å². The van der Waals surface area contributed by atoms with Gasteiger partial charge in [-0.25, -0.2) is 4.98 Å². The van der Waals surface area contributed by atoms with E-state index in [1.165, 1.54) is 11.3 Å². The molecule has 0 spiro atoms. The quantitative estimate of drug-likeness (QED) is 0.803. The van der Waals surface area contributed by atoms with E-state index in [0.29, 0.717) is 15.8 Å². The molecular weight excluding hydrogens is 348 g/mol. The Morgan fingerprint density at radius 2 is 2.04 bits per heavy atom. The largest absolute Gasteiger partial charge is 0.318 e. The second-order valence-electron chi connectivity index (χ2n) is 5.74. The van der Waals surface area contributed by atoms with E-state index in [-0.39, 0.29) is 0 Å². The fourth-order valence-electron chi connectivity index (χ4n) is 2.48. The number of aromatic nitrogens is 1. The smallest absolute Gasteiger partial charge is 0.315 e. The number of benzene rings is 1. The van der Waals surface area contributed by atoms with Crippen LogP contribution in [0.1, 0.15) is 16.1 Å². The number of fused-ring (bicyclic) bond motifs is 1. The van der Waals surface area contributed by atoms with Gasteiger partial charge in [-0.1, -0.05) is 11.6 Å². The van der Waals surface area contributed by atoms with E-state index in [0.717, 1.165) is 35.6 Å². The van der Waals surface area contributed by atoms with Crippen molar-refractivity contribution >= 4 is 45.6 Å². The van der Waals surface area contributed by atoms with E-state index in [1.54, 1.807) is 18.2 Å². The zero-order valence-corrected chi connectivity index (χ0v) is 14.9. The number of nitrogens with one attached hydrogen (secondary N) is 2. The van der Waals surface area contributed by atoms with Crippen molar-refractivity contribution in [3.63, 3.8) is 0 Å². The van der Waals surface area contributed by atoms with Gasteiger partial charge in [0, 0.05) is 35.1 Å². The van der Waals surface area contributed by atoms with Crippen molar-refractivity contribution in [2.24, 2.45) is 0 Å². The molecule has 126 valence electrons. The molecule has 2 amide bonds. The van der Waals surface area contributed by atoms with Crippen LogP contribution in [-0.4, -0.2) is 35.3 Å². The lowest BCUT2D eigenvalue weighted by Crippen LogP contribution is -2.29. The van der Waals surface area contributed by atoms with Crippen molar-refractivity contribution in [3.05, 3.63) is 39.4 Å². The standard InChI is InChI=1S/C16H17ClN4O2S/c1-9-7-10(17)3-4-11(9)18-14(22)15(23)20-16-19-12-5-6-21(2)8-13(12)24-16/h3-4,7H,5-6,8H2,1-2H3,(H,18,22)(H,19,20,23). The van der Waals surface area contributed by atoms with E-state index >= 15 is 0 Å². The van der Waals surface area contributed by atoms with Crippen molar-refractivity contribution < 1.29 is 9.59 Å². The molecule has 6 nitrogen and oxygen atoms in total. The first-order valence-electron chi connectivity index (χ1n) is 7.48. The average molecular weight is 365 g/mol. The van der Waals surface area contributed by atoms with Gasteiger partial charge in [0.15, 0.2) is 5.13 Å². The Morgan fingerprint density at radius 3 is 2.79 bits per heavy atom. The zero-order chi connectivity index (χ0) is 17.3. The third-order valence-corrected chi connectivity index (χ3v) is 5.02. The molecular formula is C16H17ClN4O2S. The number of rotatable bonds is 2.